The molecule has 3 aromatic rings. The molecule has 1 fully saturated rings. The predicted molar refractivity (Wildman–Crippen MR) is 110 cm³/mol. The average molecular weight is 391 g/mol. The van der Waals surface area contributed by atoms with Gasteiger partial charge in [0.1, 0.15) is 17.0 Å². The first-order valence-electron chi connectivity index (χ1n) is 9.60. The van der Waals surface area contributed by atoms with E-state index >= 15 is 0 Å². The van der Waals surface area contributed by atoms with Crippen molar-refractivity contribution in [3.63, 3.8) is 0 Å². The van der Waals surface area contributed by atoms with Crippen molar-refractivity contribution in [3.05, 3.63) is 40.9 Å². The summed E-state index contributed by atoms with van der Waals surface area (Å²) in [7, 11) is 1.68. The maximum Gasteiger partial charge on any atom is 0.268 e. The lowest BCUT2D eigenvalue weighted by Crippen LogP contribution is -2.45. The summed E-state index contributed by atoms with van der Waals surface area (Å²) in [6.45, 7) is 3.46. The van der Waals surface area contributed by atoms with Gasteiger partial charge in [-0.1, -0.05) is 0 Å². The van der Waals surface area contributed by atoms with Crippen molar-refractivity contribution in [3.8, 4) is 17.0 Å². The molecule has 2 aromatic heterocycles. The molecule has 1 aliphatic carbocycles. The molecule has 0 saturated heterocycles. The molecule has 1 aliphatic heterocycles. The van der Waals surface area contributed by atoms with E-state index in [1.807, 2.05) is 18.2 Å². The normalized spacial score (nSPS) is 17.4. The molecular formula is C21H21N5O3. The quantitative estimate of drug-likeness (QED) is 0.712. The monoisotopic (exact) mass is 391 g/mol. The van der Waals surface area contributed by atoms with Crippen LogP contribution in [-0.4, -0.2) is 32.1 Å². The number of amides is 1. The zero-order valence-electron chi connectivity index (χ0n) is 16.4. The number of aromatic nitrogens is 3. The average Bonchev–Trinajstić information content (AvgIpc) is 3.49. The van der Waals surface area contributed by atoms with E-state index in [0.29, 0.717) is 39.9 Å². The molecule has 2 aliphatic rings. The van der Waals surface area contributed by atoms with Crippen LogP contribution in [0.4, 0.5) is 11.5 Å². The summed E-state index contributed by atoms with van der Waals surface area (Å²) in [6.07, 6.45) is 3.64. The Bertz CT molecular complexity index is 1230. The minimum absolute atomic E-state index is 0.134. The van der Waals surface area contributed by atoms with Gasteiger partial charge in [0.25, 0.3) is 11.5 Å². The van der Waals surface area contributed by atoms with Gasteiger partial charge in [-0.25, -0.2) is 9.97 Å². The fourth-order valence-corrected chi connectivity index (χ4v) is 3.37. The van der Waals surface area contributed by atoms with E-state index < -0.39 is 5.60 Å². The molecule has 2 N–H and O–H groups in total. The van der Waals surface area contributed by atoms with Crippen molar-refractivity contribution in [2.75, 3.05) is 10.6 Å². The second kappa shape index (κ2) is 6.04. The number of nitrogens with zero attached hydrogens (tertiary/aromatic N) is 3. The molecule has 1 aromatic carbocycles. The third-order valence-electron chi connectivity index (χ3n) is 5.26. The van der Waals surface area contributed by atoms with Crippen molar-refractivity contribution in [1.82, 2.24) is 14.5 Å². The van der Waals surface area contributed by atoms with Gasteiger partial charge < -0.3 is 19.9 Å². The lowest BCUT2D eigenvalue weighted by atomic mass is 10.0. The number of nitrogens with one attached hydrogen (secondary N) is 2. The van der Waals surface area contributed by atoms with Gasteiger partial charge >= 0.3 is 0 Å². The number of carbonyl (C=O) groups excluding carboxylic acids is 1. The molecule has 3 heterocycles. The Balaban J connectivity index is 1.64. The Kier molecular flexibility index (Phi) is 3.68. The fraction of sp³-hybridized carbons (Fsp3) is 0.333. The van der Waals surface area contributed by atoms with Crippen LogP contribution in [0, 0.1) is 0 Å². The molecule has 0 bridgehead atoms. The van der Waals surface area contributed by atoms with Gasteiger partial charge in [-0.3, -0.25) is 9.59 Å². The van der Waals surface area contributed by atoms with Gasteiger partial charge in [0.15, 0.2) is 5.60 Å². The highest BCUT2D eigenvalue weighted by molar-refractivity contribution is 6.01. The van der Waals surface area contributed by atoms with Crippen LogP contribution in [0.25, 0.3) is 22.2 Å². The lowest BCUT2D eigenvalue weighted by Gasteiger charge is -2.31. The molecule has 0 unspecified atom stereocenters. The first-order valence-corrected chi connectivity index (χ1v) is 9.60. The van der Waals surface area contributed by atoms with Gasteiger partial charge in [-0.2, -0.15) is 0 Å². The maximum atomic E-state index is 12.7. The van der Waals surface area contributed by atoms with Gasteiger partial charge in [0.05, 0.1) is 23.2 Å². The number of hydrogen-bond donors (Lipinski definition) is 2. The summed E-state index contributed by atoms with van der Waals surface area (Å²) in [6, 6.07) is 7.68. The first kappa shape index (κ1) is 17.7. The van der Waals surface area contributed by atoms with Crippen LogP contribution in [0.15, 0.2) is 35.4 Å². The van der Waals surface area contributed by atoms with Gasteiger partial charge in [-0.15, -0.1) is 0 Å². The van der Waals surface area contributed by atoms with Crippen LogP contribution < -0.4 is 20.9 Å². The van der Waals surface area contributed by atoms with Crippen LogP contribution in [-0.2, 0) is 11.8 Å². The second-order valence-corrected chi connectivity index (χ2v) is 8.11. The molecule has 1 amide bonds. The molecule has 0 atom stereocenters. The van der Waals surface area contributed by atoms with Gasteiger partial charge in [0.2, 0.25) is 0 Å². The highest BCUT2D eigenvalue weighted by Gasteiger charge is 2.35. The number of benzene rings is 1. The van der Waals surface area contributed by atoms with Crippen molar-refractivity contribution in [2.24, 2.45) is 7.05 Å². The SMILES string of the molecule is Cn1cnc2cc(-c3ccc4c(c3)NC(=O)C(C)(C)O4)nc(NC3CC3)c2c1=O. The minimum Gasteiger partial charge on any atom is -0.476 e. The topological polar surface area (TPSA) is 98.1 Å². The number of anilines is 2. The van der Waals surface area contributed by atoms with Crippen molar-refractivity contribution in [1.29, 1.82) is 0 Å². The van der Waals surface area contributed by atoms with Crippen LogP contribution in [0.2, 0.25) is 0 Å². The molecule has 5 rings (SSSR count). The summed E-state index contributed by atoms with van der Waals surface area (Å²) in [4.78, 5) is 34.1. The van der Waals surface area contributed by atoms with E-state index in [0.717, 1.165) is 18.4 Å². The third-order valence-corrected chi connectivity index (χ3v) is 5.26. The predicted octanol–water partition coefficient (Wildman–Crippen LogP) is 2.68. The standard InChI is InChI=1S/C21H21N5O3/c1-21(2)20(28)25-14-8-11(4-7-16(14)29-21)13-9-15-17(19(27)26(3)10-22-15)18(24-13)23-12-5-6-12/h4,7-10,12H,5-6H2,1-3H3,(H,23,24)(H,25,28). The van der Waals surface area contributed by atoms with Crippen LogP contribution in [0.3, 0.4) is 0 Å². The number of ether oxygens (including phenoxy) is 1. The van der Waals surface area contributed by atoms with E-state index in [1.165, 1.54) is 10.9 Å². The zero-order chi connectivity index (χ0) is 20.3. The Hall–Kier alpha value is -3.42. The fourth-order valence-electron chi connectivity index (χ4n) is 3.37. The maximum absolute atomic E-state index is 12.7. The summed E-state index contributed by atoms with van der Waals surface area (Å²) >= 11 is 0. The summed E-state index contributed by atoms with van der Waals surface area (Å²) in [5, 5.41) is 6.74. The van der Waals surface area contributed by atoms with Crippen molar-refractivity contribution < 1.29 is 9.53 Å². The highest BCUT2D eigenvalue weighted by atomic mass is 16.5. The number of hydrogen-bond acceptors (Lipinski definition) is 6. The van der Waals surface area contributed by atoms with E-state index in [2.05, 4.69) is 15.6 Å². The molecule has 8 heteroatoms. The summed E-state index contributed by atoms with van der Waals surface area (Å²) in [5.41, 5.74) is 1.60. The number of carbonyl (C=O) groups is 1. The number of fused-ring (bicyclic) bond motifs is 2. The number of pyridine rings is 1. The van der Waals surface area contributed by atoms with Gasteiger partial charge in [0, 0.05) is 18.7 Å². The Labute approximate surface area is 166 Å². The van der Waals surface area contributed by atoms with E-state index in [9.17, 15) is 9.59 Å². The largest absolute Gasteiger partial charge is 0.476 e. The van der Waals surface area contributed by atoms with E-state index in [-0.39, 0.29) is 11.5 Å². The summed E-state index contributed by atoms with van der Waals surface area (Å²) in [5.74, 6) is 0.963. The minimum atomic E-state index is -0.916. The number of aryl methyl sites for hydroxylation is 1. The van der Waals surface area contributed by atoms with Crippen molar-refractivity contribution >= 4 is 28.3 Å². The van der Waals surface area contributed by atoms with Crippen LogP contribution in [0.5, 0.6) is 5.75 Å². The first-order chi connectivity index (χ1) is 13.8. The summed E-state index contributed by atoms with van der Waals surface area (Å²) < 4.78 is 7.26. The smallest absolute Gasteiger partial charge is 0.268 e. The molecule has 148 valence electrons. The zero-order valence-corrected chi connectivity index (χ0v) is 16.4. The molecule has 0 spiro atoms. The molecule has 1 saturated carbocycles. The van der Waals surface area contributed by atoms with Crippen LogP contribution >= 0.6 is 0 Å². The van der Waals surface area contributed by atoms with Gasteiger partial charge in [-0.05, 0) is 51.0 Å². The molecule has 29 heavy (non-hydrogen) atoms. The Morgan fingerprint density at radius 1 is 1.24 bits per heavy atom. The van der Waals surface area contributed by atoms with E-state index in [4.69, 9.17) is 9.72 Å². The second-order valence-electron chi connectivity index (χ2n) is 8.11. The van der Waals surface area contributed by atoms with Crippen molar-refractivity contribution in [2.45, 2.75) is 38.3 Å². The third kappa shape index (κ3) is 3.00. The number of rotatable bonds is 3. The van der Waals surface area contributed by atoms with E-state index in [1.54, 1.807) is 27.0 Å². The lowest BCUT2D eigenvalue weighted by molar-refractivity contribution is -0.129. The van der Waals surface area contributed by atoms with Crippen LogP contribution in [0.1, 0.15) is 26.7 Å². The molecular weight excluding hydrogens is 370 g/mol. The Morgan fingerprint density at radius 3 is 2.79 bits per heavy atom. The molecule has 0 radical (unpaired) electrons. The molecule has 8 nitrogen and oxygen atoms in total. The highest BCUT2D eigenvalue weighted by Crippen LogP contribution is 2.37. The Morgan fingerprint density at radius 2 is 2.03 bits per heavy atom.